The van der Waals surface area contributed by atoms with Gasteiger partial charge in [-0.15, -0.1) is 0 Å². The Morgan fingerprint density at radius 2 is 2.06 bits per heavy atom. The van der Waals surface area contributed by atoms with Gasteiger partial charge in [0.1, 0.15) is 6.07 Å². The number of nitriles is 1. The lowest BCUT2D eigenvalue weighted by molar-refractivity contribution is 1.30. The first-order valence-electron chi connectivity index (χ1n) is 4.61. The second kappa shape index (κ2) is 4.21. The minimum absolute atomic E-state index is 0.505. The Kier molecular flexibility index (Phi) is 2.76. The van der Waals surface area contributed by atoms with Crippen LogP contribution in [0, 0.1) is 11.3 Å². The van der Waals surface area contributed by atoms with Crippen molar-refractivity contribution in [2.45, 2.75) is 0 Å². The molecule has 0 aliphatic heterocycles. The zero-order chi connectivity index (χ0) is 11.5. The summed E-state index contributed by atoms with van der Waals surface area (Å²) in [6.07, 6.45) is 3.17. The molecule has 0 atom stereocenters. The van der Waals surface area contributed by atoms with Gasteiger partial charge < -0.3 is 5.73 Å². The number of hydrogen-bond donors (Lipinski definition) is 1. The summed E-state index contributed by atoms with van der Waals surface area (Å²) in [7, 11) is 0. The second-order valence-corrected chi connectivity index (χ2v) is 3.72. The monoisotopic (exact) mass is 229 g/mol. The molecule has 3 nitrogen and oxygen atoms in total. The molecule has 78 valence electrons. The third-order valence-corrected chi connectivity index (χ3v) is 2.48. The molecule has 2 aromatic rings. The van der Waals surface area contributed by atoms with Gasteiger partial charge in [-0.1, -0.05) is 17.7 Å². The van der Waals surface area contributed by atoms with Gasteiger partial charge in [-0.05, 0) is 18.2 Å². The fourth-order valence-electron chi connectivity index (χ4n) is 1.41. The van der Waals surface area contributed by atoms with Crippen molar-refractivity contribution in [2.75, 3.05) is 5.73 Å². The van der Waals surface area contributed by atoms with Crippen molar-refractivity contribution in [3.8, 4) is 17.2 Å². The SMILES string of the molecule is N#Cc1cncc(-c2ccc(N)cc2Cl)c1. The van der Waals surface area contributed by atoms with Crippen LogP contribution in [-0.2, 0) is 0 Å². The van der Waals surface area contributed by atoms with E-state index in [2.05, 4.69) is 4.98 Å². The van der Waals surface area contributed by atoms with Crippen molar-refractivity contribution in [1.82, 2.24) is 4.98 Å². The average molecular weight is 230 g/mol. The van der Waals surface area contributed by atoms with Gasteiger partial charge in [0.15, 0.2) is 0 Å². The molecule has 0 saturated carbocycles. The van der Waals surface area contributed by atoms with Crippen LogP contribution >= 0.6 is 11.6 Å². The summed E-state index contributed by atoms with van der Waals surface area (Å²) in [5.74, 6) is 0. The van der Waals surface area contributed by atoms with Crippen molar-refractivity contribution in [1.29, 1.82) is 5.26 Å². The third kappa shape index (κ3) is 1.97. The number of nitrogens with zero attached hydrogens (tertiary/aromatic N) is 2. The Bertz CT molecular complexity index is 573. The van der Waals surface area contributed by atoms with Crippen LogP contribution in [-0.4, -0.2) is 4.98 Å². The van der Waals surface area contributed by atoms with Gasteiger partial charge in [0.05, 0.1) is 10.6 Å². The van der Waals surface area contributed by atoms with Crippen LogP contribution in [0.1, 0.15) is 5.56 Å². The topological polar surface area (TPSA) is 62.7 Å². The van der Waals surface area contributed by atoms with E-state index in [1.807, 2.05) is 12.1 Å². The van der Waals surface area contributed by atoms with Crippen LogP contribution < -0.4 is 5.73 Å². The summed E-state index contributed by atoms with van der Waals surface area (Å²) >= 11 is 6.07. The predicted molar refractivity (Wildman–Crippen MR) is 63.8 cm³/mol. The van der Waals surface area contributed by atoms with E-state index >= 15 is 0 Å². The Labute approximate surface area is 98.1 Å². The summed E-state index contributed by atoms with van der Waals surface area (Å²) in [4.78, 5) is 3.98. The molecular formula is C12H8ClN3. The molecular weight excluding hydrogens is 222 g/mol. The van der Waals surface area contributed by atoms with E-state index in [4.69, 9.17) is 22.6 Å². The van der Waals surface area contributed by atoms with Gasteiger partial charge in [-0.3, -0.25) is 4.98 Å². The highest BCUT2D eigenvalue weighted by Gasteiger charge is 2.05. The standard InChI is InChI=1S/C12H8ClN3/c13-12-4-10(15)1-2-11(12)9-3-8(5-14)6-16-7-9/h1-4,6-7H,15H2. The predicted octanol–water partition coefficient (Wildman–Crippen LogP) is 2.86. The Balaban J connectivity index is 2.55. The van der Waals surface area contributed by atoms with E-state index < -0.39 is 0 Å². The fourth-order valence-corrected chi connectivity index (χ4v) is 1.71. The maximum atomic E-state index is 8.78. The number of rotatable bonds is 1. The molecule has 0 fully saturated rings. The molecule has 0 radical (unpaired) electrons. The molecule has 2 N–H and O–H groups in total. The lowest BCUT2D eigenvalue weighted by Crippen LogP contribution is -1.87. The van der Waals surface area contributed by atoms with Gasteiger partial charge >= 0.3 is 0 Å². The van der Waals surface area contributed by atoms with Gasteiger partial charge in [-0.25, -0.2) is 0 Å². The van der Waals surface area contributed by atoms with E-state index in [1.165, 1.54) is 6.20 Å². The molecule has 0 aliphatic carbocycles. The highest BCUT2D eigenvalue weighted by atomic mass is 35.5. The molecule has 0 saturated heterocycles. The normalized spacial score (nSPS) is 9.75. The van der Waals surface area contributed by atoms with Gasteiger partial charge in [0, 0.05) is 29.2 Å². The summed E-state index contributed by atoms with van der Waals surface area (Å²) in [6, 6.07) is 9.03. The van der Waals surface area contributed by atoms with E-state index in [9.17, 15) is 0 Å². The van der Waals surface area contributed by atoms with Crippen molar-refractivity contribution in [3.63, 3.8) is 0 Å². The highest BCUT2D eigenvalue weighted by molar-refractivity contribution is 6.33. The number of nitrogen functional groups attached to an aromatic ring is 1. The molecule has 16 heavy (non-hydrogen) atoms. The third-order valence-electron chi connectivity index (χ3n) is 2.17. The Hall–Kier alpha value is -2.05. The summed E-state index contributed by atoms with van der Waals surface area (Å²) < 4.78 is 0. The summed E-state index contributed by atoms with van der Waals surface area (Å²) in [6.45, 7) is 0. The van der Waals surface area contributed by atoms with Crippen molar-refractivity contribution < 1.29 is 0 Å². The molecule has 0 bridgehead atoms. The molecule has 4 heteroatoms. The van der Waals surface area contributed by atoms with Crippen LogP contribution in [0.2, 0.25) is 5.02 Å². The van der Waals surface area contributed by atoms with Crippen molar-refractivity contribution >= 4 is 17.3 Å². The first-order chi connectivity index (χ1) is 7.70. The quantitative estimate of drug-likeness (QED) is 0.765. The van der Waals surface area contributed by atoms with Crippen LogP contribution in [0.4, 0.5) is 5.69 Å². The van der Waals surface area contributed by atoms with Crippen LogP contribution in [0.5, 0.6) is 0 Å². The smallest absolute Gasteiger partial charge is 0.101 e. The molecule has 1 aromatic carbocycles. The molecule has 1 aromatic heterocycles. The lowest BCUT2D eigenvalue weighted by Gasteiger charge is -2.05. The number of halogens is 1. The van der Waals surface area contributed by atoms with Crippen LogP contribution in [0.3, 0.4) is 0 Å². The number of benzene rings is 1. The van der Waals surface area contributed by atoms with E-state index in [0.29, 0.717) is 16.3 Å². The van der Waals surface area contributed by atoms with Crippen LogP contribution in [0.15, 0.2) is 36.7 Å². The maximum Gasteiger partial charge on any atom is 0.101 e. The van der Waals surface area contributed by atoms with Gasteiger partial charge in [0.25, 0.3) is 0 Å². The largest absolute Gasteiger partial charge is 0.399 e. The molecule has 2 rings (SSSR count). The lowest BCUT2D eigenvalue weighted by atomic mass is 10.1. The molecule has 1 heterocycles. The second-order valence-electron chi connectivity index (χ2n) is 3.31. The minimum atomic E-state index is 0.505. The minimum Gasteiger partial charge on any atom is -0.399 e. The van der Waals surface area contributed by atoms with Gasteiger partial charge in [0.2, 0.25) is 0 Å². The first-order valence-corrected chi connectivity index (χ1v) is 4.99. The zero-order valence-corrected chi connectivity index (χ0v) is 9.07. The summed E-state index contributed by atoms with van der Waals surface area (Å²) in [5, 5.41) is 9.33. The maximum absolute atomic E-state index is 8.78. The fraction of sp³-hybridized carbons (Fsp3) is 0. The van der Waals surface area contributed by atoms with Crippen molar-refractivity contribution in [2.24, 2.45) is 0 Å². The zero-order valence-electron chi connectivity index (χ0n) is 8.31. The molecule has 0 spiro atoms. The highest BCUT2D eigenvalue weighted by Crippen LogP contribution is 2.29. The van der Waals surface area contributed by atoms with E-state index in [1.54, 1.807) is 24.4 Å². The molecule has 0 unspecified atom stereocenters. The first kappa shape index (κ1) is 10.5. The average Bonchev–Trinajstić information content (AvgIpc) is 2.29. The number of hydrogen-bond acceptors (Lipinski definition) is 3. The molecule has 0 aliphatic rings. The number of nitrogens with two attached hydrogens (primary N) is 1. The number of aromatic nitrogens is 1. The van der Waals surface area contributed by atoms with Crippen molar-refractivity contribution in [3.05, 3.63) is 47.2 Å². The number of anilines is 1. The van der Waals surface area contributed by atoms with E-state index in [0.717, 1.165) is 11.1 Å². The molecule has 0 amide bonds. The Morgan fingerprint density at radius 1 is 1.25 bits per heavy atom. The summed E-state index contributed by atoms with van der Waals surface area (Å²) in [5.41, 5.74) is 8.35. The van der Waals surface area contributed by atoms with Crippen LogP contribution in [0.25, 0.3) is 11.1 Å². The number of pyridine rings is 1. The Morgan fingerprint density at radius 3 is 2.75 bits per heavy atom. The van der Waals surface area contributed by atoms with Gasteiger partial charge in [-0.2, -0.15) is 5.26 Å². The van der Waals surface area contributed by atoms with E-state index in [-0.39, 0.29) is 0 Å².